The second-order valence-corrected chi connectivity index (χ2v) is 4.45. The fourth-order valence-electron chi connectivity index (χ4n) is 1.99. The number of phenolic OH excluding ortho intramolecular Hbond substituents is 2. The molecule has 0 saturated heterocycles. The normalized spacial score (nSPS) is 10.1. The predicted molar refractivity (Wildman–Crippen MR) is 82.5 cm³/mol. The van der Waals surface area contributed by atoms with Crippen molar-refractivity contribution >= 4 is 0 Å². The van der Waals surface area contributed by atoms with Gasteiger partial charge in [0.25, 0.3) is 0 Å². The molecule has 0 aliphatic carbocycles. The number of ether oxygens (including phenoxy) is 5. The molecule has 0 fully saturated rings. The van der Waals surface area contributed by atoms with Crippen LogP contribution >= 0.6 is 0 Å². The van der Waals surface area contributed by atoms with Crippen molar-refractivity contribution in [1.29, 1.82) is 0 Å². The minimum atomic E-state index is -0.0769. The lowest BCUT2D eigenvalue weighted by Crippen LogP contribution is -1.96. The zero-order valence-corrected chi connectivity index (χ0v) is 13.2. The van der Waals surface area contributed by atoms with E-state index in [1.165, 1.54) is 52.7 Å². The quantitative estimate of drug-likeness (QED) is 0.845. The average Bonchev–Trinajstić information content (AvgIpc) is 2.56. The summed E-state index contributed by atoms with van der Waals surface area (Å²) >= 11 is 0. The van der Waals surface area contributed by atoms with E-state index < -0.39 is 0 Å². The van der Waals surface area contributed by atoms with E-state index in [1.54, 1.807) is 0 Å². The number of hydrogen-bond donors (Lipinski definition) is 2. The first-order valence-electron chi connectivity index (χ1n) is 6.61. The summed E-state index contributed by atoms with van der Waals surface area (Å²) in [4.78, 5) is 0. The fraction of sp³-hybridized carbons (Fsp3) is 0.250. The van der Waals surface area contributed by atoms with E-state index in [0.29, 0.717) is 23.0 Å². The Morgan fingerprint density at radius 1 is 0.522 bits per heavy atom. The molecule has 7 nitrogen and oxygen atoms in total. The molecule has 0 unspecified atom stereocenters. The molecule has 0 spiro atoms. The van der Waals surface area contributed by atoms with Crippen LogP contribution < -0.4 is 23.7 Å². The van der Waals surface area contributed by atoms with Gasteiger partial charge in [-0.2, -0.15) is 0 Å². The number of methoxy groups -OCH3 is 4. The fourth-order valence-corrected chi connectivity index (χ4v) is 1.99. The Hall–Kier alpha value is -2.96. The van der Waals surface area contributed by atoms with Crippen LogP contribution in [-0.2, 0) is 0 Å². The molecule has 0 radical (unpaired) electrons. The Balaban J connectivity index is 2.49. The van der Waals surface area contributed by atoms with Gasteiger partial charge < -0.3 is 33.9 Å². The van der Waals surface area contributed by atoms with Gasteiger partial charge in [-0.15, -0.1) is 0 Å². The van der Waals surface area contributed by atoms with Crippen molar-refractivity contribution in [2.45, 2.75) is 0 Å². The van der Waals surface area contributed by atoms with Crippen molar-refractivity contribution in [3.63, 3.8) is 0 Å². The summed E-state index contributed by atoms with van der Waals surface area (Å²) in [6.45, 7) is 0. The molecule has 0 aliphatic heterocycles. The van der Waals surface area contributed by atoms with E-state index >= 15 is 0 Å². The lowest BCUT2D eigenvalue weighted by Gasteiger charge is -2.16. The van der Waals surface area contributed by atoms with E-state index in [-0.39, 0.29) is 23.0 Å². The molecule has 0 atom stereocenters. The molecule has 2 N–H and O–H groups in total. The molecule has 0 aromatic heterocycles. The highest BCUT2D eigenvalue weighted by molar-refractivity contribution is 5.58. The molecule has 0 heterocycles. The summed E-state index contributed by atoms with van der Waals surface area (Å²) in [5.41, 5.74) is 0. The van der Waals surface area contributed by atoms with Gasteiger partial charge in [-0.25, -0.2) is 0 Å². The van der Waals surface area contributed by atoms with Crippen molar-refractivity contribution < 1.29 is 33.9 Å². The standard InChI is InChI=1S/C16H18O7/c1-19-11-7-15(13(21-3)5-9(11)17)23-16-8-12(20-2)10(18)6-14(16)22-4/h5-8,17-18H,1-4H3. The van der Waals surface area contributed by atoms with Gasteiger partial charge in [0.2, 0.25) is 0 Å². The van der Waals surface area contributed by atoms with E-state index in [2.05, 4.69) is 0 Å². The lowest BCUT2D eigenvalue weighted by atomic mass is 10.2. The SMILES string of the molecule is COc1cc(Oc2cc(OC)c(O)cc2OC)c(OC)cc1O. The zero-order chi connectivity index (χ0) is 17.0. The van der Waals surface area contributed by atoms with Crippen molar-refractivity contribution in [3.8, 4) is 46.0 Å². The van der Waals surface area contributed by atoms with E-state index in [4.69, 9.17) is 23.7 Å². The molecule has 0 bridgehead atoms. The van der Waals surface area contributed by atoms with Gasteiger partial charge in [-0.05, 0) is 0 Å². The molecule has 2 aromatic rings. The Morgan fingerprint density at radius 3 is 1.17 bits per heavy atom. The molecular formula is C16H18O7. The van der Waals surface area contributed by atoms with Gasteiger partial charge >= 0.3 is 0 Å². The summed E-state index contributed by atoms with van der Waals surface area (Å²) < 4.78 is 26.3. The topological polar surface area (TPSA) is 86.6 Å². The molecule has 0 saturated carbocycles. The second-order valence-electron chi connectivity index (χ2n) is 4.45. The number of benzene rings is 2. The zero-order valence-electron chi connectivity index (χ0n) is 13.2. The van der Waals surface area contributed by atoms with E-state index in [0.717, 1.165) is 0 Å². The first-order chi connectivity index (χ1) is 11.0. The first kappa shape index (κ1) is 16.4. The molecule has 0 aliphatic rings. The summed E-state index contributed by atoms with van der Waals surface area (Å²) in [5.74, 6) is 1.51. The first-order valence-corrected chi connectivity index (χ1v) is 6.61. The summed E-state index contributed by atoms with van der Waals surface area (Å²) in [7, 11) is 5.75. The highest BCUT2D eigenvalue weighted by Crippen LogP contribution is 2.45. The van der Waals surface area contributed by atoms with Crippen LogP contribution in [0.1, 0.15) is 0 Å². The molecule has 2 aromatic carbocycles. The van der Waals surface area contributed by atoms with Gasteiger partial charge in [-0.3, -0.25) is 0 Å². The number of hydrogen-bond acceptors (Lipinski definition) is 7. The van der Waals surface area contributed by atoms with Gasteiger partial charge in [0.1, 0.15) is 0 Å². The Labute approximate surface area is 133 Å². The Bertz CT molecular complexity index is 638. The lowest BCUT2D eigenvalue weighted by molar-refractivity contribution is 0.333. The largest absolute Gasteiger partial charge is 0.504 e. The molecule has 0 amide bonds. The van der Waals surface area contributed by atoms with Crippen molar-refractivity contribution in [1.82, 2.24) is 0 Å². The smallest absolute Gasteiger partial charge is 0.173 e. The van der Waals surface area contributed by atoms with Crippen LogP contribution in [0.2, 0.25) is 0 Å². The Morgan fingerprint density at radius 2 is 0.870 bits per heavy atom. The highest BCUT2D eigenvalue weighted by Gasteiger charge is 2.17. The minimum Gasteiger partial charge on any atom is -0.504 e. The van der Waals surface area contributed by atoms with Crippen LogP contribution in [-0.4, -0.2) is 38.7 Å². The maximum Gasteiger partial charge on any atom is 0.173 e. The van der Waals surface area contributed by atoms with Crippen LogP contribution in [0.15, 0.2) is 24.3 Å². The third kappa shape index (κ3) is 3.28. The van der Waals surface area contributed by atoms with Crippen LogP contribution in [0.5, 0.6) is 46.0 Å². The maximum atomic E-state index is 9.79. The third-order valence-electron chi connectivity index (χ3n) is 3.15. The van der Waals surface area contributed by atoms with Crippen molar-refractivity contribution in [2.24, 2.45) is 0 Å². The van der Waals surface area contributed by atoms with Crippen molar-refractivity contribution in [3.05, 3.63) is 24.3 Å². The van der Waals surface area contributed by atoms with Crippen LogP contribution in [0.25, 0.3) is 0 Å². The van der Waals surface area contributed by atoms with Crippen LogP contribution in [0, 0.1) is 0 Å². The number of phenols is 2. The van der Waals surface area contributed by atoms with Crippen molar-refractivity contribution in [2.75, 3.05) is 28.4 Å². The molecule has 2 rings (SSSR count). The maximum absolute atomic E-state index is 9.79. The number of aromatic hydroxyl groups is 2. The summed E-state index contributed by atoms with van der Waals surface area (Å²) in [6, 6.07) is 5.70. The van der Waals surface area contributed by atoms with Gasteiger partial charge in [0.05, 0.1) is 28.4 Å². The van der Waals surface area contributed by atoms with E-state index in [9.17, 15) is 10.2 Å². The van der Waals surface area contributed by atoms with Gasteiger partial charge in [0.15, 0.2) is 46.0 Å². The van der Waals surface area contributed by atoms with E-state index in [1.807, 2.05) is 0 Å². The minimum absolute atomic E-state index is 0.0769. The average molecular weight is 322 g/mol. The summed E-state index contributed by atoms with van der Waals surface area (Å²) in [5, 5.41) is 19.6. The predicted octanol–water partition coefficient (Wildman–Crippen LogP) is 2.92. The monoisotopic (exact) mass is 322 g/mol. The second kappa shape index (κ2) is 6.87. The third-order valence-corrected chi connectivity index (χ3v) is 3.15. The van der Waals surface area contributed by atoms with Crippen LogP contribution in [0.4, 0.5) is 0 Å². The molecule has 124 valence electrons. The highest BCUT2D eigenvalue weighted by atomic mass is 16.5. The molecular weight excluding hydrogens is 304 g/mol. The van der Waals surface area contributed by atoms with Gasteiger partial charge in [0, 0.05) is 24.3 Å². The van der Waals surface area contributed by atoms with Crippen LogP contribution in [0.3, 0.4) is 0 Å². The molecule has 7 heteroatoms. The van der Waals surface area contributed by atoms with Gasteiger partial charge in [-0.1, -0.05) is 0 Å². The molecule has 23 heavy (non-hydrogen) atoms. The Kier molecular flexibility index (Phi) is 4.90. The summed E-state index contributed by atoms with van der Waals surface area (Å²) in [6.07, 6.45) is 0. The number of rotatable bonds is 6.